The molecule has 0 aliphatic heterocycles. The number of benzene rings is 1. The fourth-order valence-electron chi connectivity index (χ4n) is 1.44. The Morgan fingerprint density at radius 1 is 1.35 bits per heavy atom. The predicted octanol–water partition coefficient (Wildman–Crippen LogP) is 0.915. The summed E-state index contributed by atoms with van der Waals surface area (Å²) < 4.78 is 0. The Labute approximate surface area is 98.0 Å². The topological polar surface area (TPSA) is 84.1 Å². The highest BCUT2D eigenvalue weighted by Crippen LogP contribution is 2.16. The predicted molar refractivity (Wildman–Crippen MR) is 65.8 cm³/mol. The Morgan fingerprint density at radius 2 is 2.06 bits per heavy atom. The van der Waals surface area contributed by atoms with E-state index in [0.717, 1.165) is 16.8 Å². The quantitative estimate of drug-likeness (QED) is 0.454. The van der Waals surface area contributed by atoms with Gasteiger partial charge in [0.05, 0.1) is 5.69 Å². The summed E-state index contributed by atoms with van der Waals surface area (Å²) in [5, 5.41) is 9.75. The molecule has 0 saturated carbocycles. The maximum atomic E-state index is 11.2. The lowest BCUT2D eigenvalue weighted by Crippen LogP contribution is -2.11. The lowest BCUT2D eigenvalue weighted by molar-refractivity contribution is 0.976. The second-order valence-electron chi connectivity index (χ2n) is 3.58. The van der Waals surface area contributed by atoms with Crippen molar-refractivity contribution >= 4 is 6.21 Å². The molecule has 2 rings (SSSR count). The molecule has 5 heteroatoms. The van der Waals surface area contributed by atoms with Crippen LogP contribution in [0.2, 0.25) is 0 Å². The summed E-state index contributed by atoms with van der Waals surface area (Å²) in [6.45, 7) is 1.74. The van der Waals surface area contributed by atoms with Gasteiger partial charge in [0.2, 0.25) is 0 Å². The number of hydrogen-bond acceptors (Lipinski definition) is 4. The summed E-state index contributed by atoms with van der Waals surface area (Å²) in [7, 11) is 0. The molecule has 3 N–H and O–H groups in total. The van der Waals surface area contributed by atoms with Crippen LogP contribution in [0.25, 0.3) is 11.3 Å². The molecule has 0 amide bonds. The molecule has 17 heavy (non-hydrogen) atoms. The number of hydrogen-bond donors (Lipinski definition) is 2. The second-order valence-corrected chi connectivity index (χ2v) is 3.58. The molecule has 0 saturated heterocycles. The summed E-state index contributed by atoms with van der Waals surface area (Å²) in [5.74, 6) is 5.01. The number of aromatic amines is 1. The third-order valence-corrected chi connectivity index (χ3v) is 2.36. The molecule has 1 radical (unpaired) electrons. The maximum absolute atomic E-state index is 11.2. The highest BCUT2D eigenvalue weighted by atomic mass is 16.1. The highest BCUT2D eigenvalue weighted by Gasteiger charge is 2.01. The molecular formula is C12H11N4O. The molecule has 0 aliphatic rings. The zero-order valence-electron chi connectivity index (χ0n) is 9.27. The summed E-state index contributed by atoms with van der Waals surface area (Å²) in [6, 6.07) is 9.14. The third kappa shape index (κ3) is 2.39. The number of nitrogens with one attached hydrogen (secondary N) is 1. The SMILES string of the molecule is Cc1cc(-c2ccc(/[C]=N/N)cc2)n[nH]c1=O. The highest BCUT2D eigenvalue weighted by molar-refractivity contribution is 5.80. The third-order valence-electron chi connectivity index (χ3n) is 2.36. The largest absolute Gasteiger partial charge is 0.323 e. The van der Waals surface area contributed by atoms with E-state index in [1.54, 1.807) is 13.0 Å². The molecule has 1 heterocycles. The monoisotopic (exact) mass is 227 g/mol. The van der Waals surface area contributed by atoms with Crippen molar-refractivity contribution < 1.29 is 0 Å². The Kier molecular flexibility index (Phi) is 3.00. The molecule has 1 aromatic heterocycles. The van der Waals surface area contributed by atoms with Gasteiger partial charge in [-0.1, -0.05) is 24.3 Å². The van der Waals surface area contributed by atoms with Crippen LogP contribution < -0.4 is 11.4 Å². The van der Waals surface area contributed by atoms with E-state index in [1.165, 1.54) is 0 Å². The van der Waals surface area contributed by atoms with E-state index in [0.29, 0.717) is 5.56 Å². The van der Waals surface area contributed by atoms with Gasteiger partial charge in [-0.05, 0) is 13.0 Å². The smallest absolute Gasteiger partial charge is 0.267 e. The first-order chi connectivity index (χ1) is 8.20. The molecule has 0 atom stereocenters. The van der Waals surface area contributed by atoms with E-state index in [2.05, 4.69) is 21.5 Å². The Morgan fingerprint density at radius 3 is 2.65 bits per heavy atom. The first kappa shape index (κ1) is 11.1. The van der Waals surface area contributed by atoms with Crippen molar-refractivity contribution in [2.75, 3.05) is 0 Å². The molecule has 0 spiro atoms. The molecular weight excluding hydrogens is 216 g/mol. The van der Waals surface area contributed by atoms with Gasteiger partial charge in [0.1, 0.15) is 6.21 Å². The number of nitrogens with two attached hydrogens (primary N) is 1. The summed E-state index contributed by atoms with van der Waals surface area (Å²) in [5.41, 5.74) is 2.88. The van der Waals surface area contributed by atoms with Crippen LogP contribution in [0, 0.1) is 6.92 Å². The lowest BCUT2D eigenvalue weighted by Gasteiger charge is -2.01. The van der Waals surface area contributed by atoms with Gasteiger partial charge in [0, 0.05) is 16.7 Å². The zero-order chi connectivity index (χ0) is 12.3. The van der Waals surface area contributed by atoms with Gasteiger partial charge < -0.3 is 5.84 Å². The van der Waals surface area contributed by atoms with Crippen molar-refractivity contribution in [1.29, 1.82) is 0 Å². The molecule has 5 nitrogen and oxygen atoms in total. The Bertz CT molecular complexity index is 599. The number of H-pyrrole nitrogens is 1. The van der Waals surface area contributed by atoms with E-state index in [4.69, 9.17) is 5.84 Å². The van der Waals surface area contributed by atoms with Crippen molar-refractivity contribution in [3.63, 3.8) is 0 Å². The number of rotatable bonds is 2. The summed E-state index contributed by atoms with van der Waals surface area (Å²) >= 11 is 0. The molecule has 2 aromatic rings. The van der Waals surface area contributed by atoms with Gasteiger partial charge in [0.15, 0.2) is 0 Å². The Hall–Kier alpha value is -2.43. The normalized spacial score (nSPS) is 10.9. The van der Waals surface area contributed by atoms with Gasteiger partial charge in [0.25, 0.3) is 5.56 Å². The van der Waals surface area contributed by atoms with Crippen molar-refractivity contribution in [2.45, 2.75) is 6.92 Å². The second kappa shape index (κ2) is 4.61. The molecule has 85 valence electrons. The molecule has 0 fully saturated rings. The first-order valence-electron chi connectivity index (χ1n) is 5.03. The zero-order valence-corrected chi connectivity index (χ0v) is 9.27. The van der Waals surface area contributed by atoms with E-state index in [9.17, 15) is 4.79 Å². The first-order valence-corrected chi connectivity index (χ1v) is 5.03. The van der Waals surface area contributed by atoms with Crippen LogP contribution in [0.1, 0.15) is 11.1 Å². The van der Waals surface area contributed by atoms with Gasteiger partial charge >= 0.3 is 0 Å². The fraction of sp³-hybridized carbons (Fsp3) is 0.0833. The van der Waals surface area contributed by atoms with Crippen molar-refractivity contribution in [2.24, 2.45) is 10.9 Å². The maximum Gasteiger partial charge on any atom is 0.267 e. The number of aryl methyl sites for hydroxylation is 1. The standard InChI is InChI=1S/C12H11N4O/c1-8-6-11(15-16-12(8)17)10-4-2-9(3-5-10)7-14-13/h2-6H,13H2,1H3,(H,16,17). The van der Waals surface area contributed by atoms with Crippen LogP contribution in [0.15, 0.2) is 40.2 Å². The Balaban J connectivity index is 2.39. The van der Waals surface area contributed by atoms with Crippen molar-refractivity contribution in [3.8, 4) is 11.3 Å². The van der Waals surface area contributed by atoms with E-state index < -0.39 is 0 Å². The van der Waals surface area contributed by atoms with Crippen molar-refractivity contribution in [3.05, 3.63) is 51.8 Å². The van der Waals surface area contributed by atoms with Gasteiger partial charge in [-0.2, -0.15) is 10.2 Å². The average Bonchev–Trinajstić information content (AvgIpc) is 2.34. The molecule has 0 bridgehead atoms. The minimum absolute atomic E-state index is 0.172. The van der Waals surface area contributed by atoms with E-state index in [1.807, 2.05) is 24.3 Å². The number of aromatic nitrogens is 2. The summed E-state index contributed by atoms with van der Waals surface area (Å²) in [6.07, 6.45) is 2.63. The average molecular weight is 227 g/mol. The fourth-order valence-corrected chi connectivity index (χ4v) is 1.44. The van der Waals surface area contributed by atoms with E-state index >= 15 is 0 Å². The van der Waals surface area contributed by atoms with Gasteiger partial charge in [-0.25, -0.2) is 5.10 Å². The minimum Gasteiger partial charge on any atom is -0.323 e. The molecule has 0 aliphatic carbocycles. The van der Waals surface area contributed by atoms with Crippen molar-refractivity contribution in [1.82, 2.24) is 10.2 Å². The van der Waals surface area contributed by atoms with Crippen LogP contribution in [0.4, 0.5) is 0 Å². The summed E-state index contributed by atoms with van der Waals surface area (Å²) in [4.78, 5) is 11.2. The van der Waals surface area contributed by atoms with Gasteiger partial charge in [-0.15, -0.1) is 0 Å². The molecule has 0 unspecified atom stereocenters. The van der Waals surface area contributed by atoms with Crippen LogP contribution in [0.5, 0.6) is 0 Å². The van der Waals surface area contributed by atoms with Crippen LogP contribution in [-0.2, 0) is 0 Å². The van der Waals surface area contributed by atoms with Crippen LogP contribution in [0.3, 0.4) is 0 Å². The van der Waals surface area contributed by atoms with Crippen LogP contribution in [-0.4, -0.2) is 16.4 Å². The lowest BCUT2D eigenvalue weighted by atomic mass is 10.1. The number of nitrogens with zero attached hydrogens (tertiary/aromatic N) is 2. The van der Waals surface area contributed by atoms with E-state index in [-0.39, 0.29) is 5.56 Å². The number of hydrazone groups is 1. The van der Waals surface area contributed by atoms with Crippen LogP contribution >= 0.6 is 0 Å². The molecule has 1 aromatic carbocycles. The van der Waals surface area contributed by atoms with Gasteiger partial charge in [-0.3, -0.25) is 4.79 Å². The minimum atomic E-state index is -0.172.